The number of nitrogens with two attached hydrogens (primary N) is 1. The summed E-state index contributed by atoms with van der Waals surface area (Å²) in [7, 11) is 0. The number of hydrogen-bond donors (Lipinski definition) is 1. The molecule has 4 heteroatoms. The zero-order valence-corrected chi connectivity index (χ0v) is 10.7. The SMILES string of the molecule is Cc1cc(Br)ccc1-c1csc(CN)n1. The first-order chi connectivity index (χ1) is 7.20. The van der Waals surface area contributed by atoms with Gasteiger partial charge in [-0.3, -0.25) is 0 Å². The highest BCUT2D eigenvalue weighted by molar-refractivity contribution is 9.10. The third-order valence-corrected chi connectivity index (χ3v) is 3.56. The van der Waals surface area contributed by atoms with Crippen molar-refractivity contribution in [3.63, 3.8) is 0 Å². The predicted octanol–water partition coefficient (Wildman–Crippen LogP) is 3.34. The fourth-order valence-corrected chi connectivity index (χ4v) is 2.59. The van der Waals surface area contributed by atoms with E-state index in [-0.39, 0.29) is 0 Å². The van der Waals surface area contributed by atoms with Gasteiger partial charge in [0, 0.05) is 22.0 Å². The van der Waals surface area contributed by atoms with Crippen LogP contribution in [0.4, 0.5) is 0 Å². The molecule has 0 aliphatic carbocycles. The quantitative estimate of drug-likeness (QED) is 0.918. The molecule has 1 aromatic carbocycles. The molecule has 1 heterocycles. The summed E-state index contributed by atoms with van der Waals surface area (Å²) in [6.45, 7) is 2.60. The molecule has 0 fully saturated rings. The minimum atomic E-state index is 0.514. The molecule has 0 bridgehead atoms. The Bertz CT molecular complexity index is 479. The minimum absolute atomic E-state index is 0.514. The van der Waals surface area contributed by atoms with E-state index in [1.165, 1.54) is 11.1 Å². The second-order valence-electron chi connectivity index (χ2n) is 3.29. The topological polar surface area (TPSA) is 38.9 Å². The van der Waals surface area contributed by atoms with Crippen molar-refractivity contribution < 1.29 is 0 Å². The number of rotatable bonds is 2. The third kappa shape index (κ3) is 2.27. The number of benzene rings is 1. The van der Waals surface area contributed by atoms with Gasteiger partial charge >= 0.3 is 0 Å². The van der Waals surface area contributed by atoms with Gasteiger partial charge in [-0.2, -0.15) is 0 Å². The molecular formula is C11H11BrN2S. The maximum absolute atomic E-state index is 5.54. The second-order valence-corrected chi connectivity index (χ2v) is 5.15. The lowest BCUT2D eigenvalue weighted by Gasteiger charge is -2.02. The van der Waals surface area contributed by atoms with Crippen LogP contribution in [0.1, 0.15) is 10.6 Å². The van der Waals surface area contributed by atoms with E-state index >= 15 is 0 Å². The minimum Gasteiger partial charge on any atom is -0.325 e. The van der Waals surface area contributed by atoms with Crippen molar-refractivity contribution in [1.82, 2.24) is 4.98 Å². The fourth-order valence-electron chi connectivity index (χ4n) is 1.44. The zero-order chi connectivity index (χ0) is 10.8. The Morgan fingerprint density at radius 1 is 1.47 bits per heavy atom. The Morgan fingerprint density at radius 3 is 2.87 bits per heavy atom. The van der Waals surface area contributed by atoms with Gasteiger partial charge in [-0.1, -0.05) is 22.0 Å². The molecule has 1 aromatic heterocycles. The van der Waals surface area contributed by atoms with Crippen LogP contribution in [0.5, 0.6) is 0 Å². The van der Waals surface area contributed by atoms with E-state index in [2.05, 4.69) is 45.4 Å². The Labute approximate surface area is 101 Å². The Balaban J connectivity index is 2.44. The first-order valence-corrected chi connectivity index (χ1v) is 6.29. The van der Waals surface area contributed by atoms with Crippen LogP contribution >= 0.6 is 27.3 Å². The number of thiazole rings is 1. The normalized spacial score (nSPS) is 10.6. The number of aromatic nitrogens is 1. The molecule has 0 aliphatic heterocycles. The highest BCUT2D eigenvalue weighted by atomic mass is 79.9. The standard InChI is InChI=1S/C11H11BrN2S/c1-7-4-8(12)2-3-9(7)10-6-15-11(5-13)14-10/h2-4,6H,5,13H2,1H3. The smallest absolute Gasteiger partial charge is 0.107 e. The summed E-state index contributed by atoms with van der Waals surface area (Å²) in [6, 6.07) is 6.20. The second kappa shape index (κ2) is 4.43. The number of halogens is 1. The number of aryl methyl sites for hydroxylation is 1. The molecule has 2 rings (SSSR count). The highest BCUT2D eigenvalue weighted by Gasteiger charge is 2.06. The molecule has 0 saturated heterocycles. The highest BCUT2D eigenvalue weighted by Crippen LogP contribution is 2.27. The van der Waals surface area contributed by atoms with Gasteiger partial charge < -0.3 is 5.73 Å². The average molecular weight is 283 g/mol. The molecule has 0 aliphatic rings. The van der Waals surface area contributed by atoms with Gasteiger partial charge in [0.15, 0.2) is 0 Å². The monoisotopic (exact) mass is 282 g/mol. The van der Waals surface area contributed by atoms with Crippen molar-refractivity contribution in [2.24, 2.45) is 5.73 Å². The summed E-state index contributed by atoms with van der Waals surface area (Å²) in [5.41, 5.74) is 8.96. The van der Waals surface area contributed by atoms with E-state index in [4.69, 9.17) is 5.73 Å². The van der Waals surface area contributed by atoms with Crippen molar-refractivity contribution in [2.45, 2.75) is 13.5 Å². The van der Waals surface area contributed by atoms with Gasteiger partial charge in [-0.25, -0.2) is 4.98 Å². The zero-order valence-electron chi connectivity index (χ0n) is 8.33. The molecule has 2 nitrogen and oxygen atoms in total. The molecule has 0 unspecified atom stereocenters. The van der Waals surface area contributed by atoms with Crippen LogP contribution in [0.25, 0.3) is 11.3 Å². The maximum Gasteiger partial charge on any atom is 0.107 e. The molecule has 2 aromatic rings. The van der Waals surface area contributed by atoms with E-state index in [1.807, 2.05) is 6.07 Å². The summed E-state index contributed by atoms with van der Waals surface area (Å²) in [4.78, 5) is 4.47. The van der Waals surface area contributed by atoms with E-state index in [0.717, 1.165) is 15.2 Å². The molecule has 78 valence electrons. The number of hydrogen-bond acceptors (Lipinski definition) is 3. The predicted molar refractivity (Wildman–Crippen MR) is 67.9 cm³/mol. The Hall–Kier alpha value is -0.710. The van der Waals surface area contributed by atoms with Gasteiger partial charge in [0.05, 0.1) is 5.69 Å². The molecule has 0 spiro atoms. The molecule has 15 heavy (non-hydrogen) atoms. The van der Waals surface area contributed by atoms with Crippen LogP contribution in [0, 0.1) is 6.92 Å². The first-order valence-electron chi connectivity index (χ1n) is 4.61. The van der Waals surface area contributed by atoms with Crippen molar-refractivity contribution in [3.8, 4) is 11.3 Å². The molecule has 0 atom stereocenters. The van der Waals surface area contributed by atoms with E-state index < -0.39 is 0 Å². The molecule has 2 N–H and O–H groups in total. The van der Waals surface area contributed by atoms with Crippen LogP contribution < -0.4 is 5.73 Å². The lowest BCUT2D eigenvalue weighted by Crippen LogP contribution is -1.94. The largest absolute Gasteiger partial charge is 0.325 e. The fraction of sp³-hybridized carbons (Fsp3) is 0.182. The van der Waals surface area contributed by atoms with Gasteiger partial charge in [-0.05, 0) is 24.6 Å². The summed E-state index contributed by atoms with van der Waals surface area (Å²) >= 11 is 5.06. The van der Waals surface area contributed by atoms with Gasteiger partial charge in [0.25, 0.3) is 0 Å². The molecule has 0 saturated carbocycles. The van der Waals surface area contributed by atoms with Crippen LogP contribution in [0.3, 0.4) is 0 Å². The van der Waals surface area contributed by atoms with Crippen LogP contribution in [0.15, 0.2) is 28.1 Å². The van der Waals surface area contributed by atoms with Crippen molar-refractivity contribution in [3.05, 3.63) is 38.6 Å². The van der Waals surface area contributed by atoms with E-state index in [9.17, 15) is 0 Å². The lowest BCUT2D eigenvalue weighted by atomic mass is 10.1. The summed E-state index contributed by atoms with van der Waals surface area (Å²) in [6.07, 6.45) is 0. The number of nitrogens with zero attached hydrogens (tertiary/aromatic N) is 1. The van der Waals surface area contributed by atoms with Gasteiger partial charge in [0.1, 0.15) is 5.01 Å². The van der Waals surface area contributed by atoms with Crippen molar-refractivity contribution >= 4 is 27.3 Å². The third-order valence-electron chi connectivity index (χ3n) is 2.19. The first kappa shape index (κ1) is 10.8. The van der Waals surface area contributed by atoms with E-state index in [1.54, 1.807) is 11.3 Å². The average Bonchev–Trinajstić information content (AvgIpc) is 2.66. The summed E-state index contributed by atoms with van der Waals surface area (Å²) < 4.78 is 1.10. The van der Waals surface area contributed by atoms with Crippen molar-refractivity contribution in [1.29, 1.82) is 0 Å². The van der Waals surface area contributed by atoms with Crippen molar-refractivity contribution in [2.75, 3.05) is 0 Å². The van der Waals surface area contributed by atoms with Crippen LogP contribution in [-0.2, 0) is 6.54 Å². The summed E-state index contributed by atoms with van der Waals surface area (Å²) in [5.74, 6) is 0. The Kier molecular flexibility index (Phi) is 3.19. The van der Waals surface area contributed by atoms with Crippen LogP contribution in [0.2, 0.25) is 0 Å². The molecular weight excluding hydrogens is 272 g/mol. The van der Waals surface area contributed by atoms with E-state index in [0.29, 0.717) is 6.54 Å². The molecule has 0 amide bonds. The lowest BCUT2D eigenvalue weighted by molar-refractivity contribution is 1.04. The summed E-state index contributed by atoms with van der Waals surface area (Å²) in [5, 5.41) is 3.03. The van der Waals surface area contributed by atoms with Gasteiger partial charge in [-0.15, -0.1) is 11.3 Å². The maximum atomic E-state index is 5.54. The molecule has 0 radical (unpaired) electrons. The Morgan fingerprint density at radius 2 is 2.27 bits per heavy atom. The van der Waals surface area contributed by atoms with Gasteiger partial charge in [0.2, 0.25) is 0 Å². The van der Waals surface area contributed by atoms with Crippen LogP contribution in [-0.4, -0.2) is 4.98 Å².